The summed E-state index contributed by atoms with van der Waals surface area (Å²) in [5.74, 6) is 1.75. The molecule has 1 atom stereocenters. The van der Waals surface area contributed by atoms with Crippen LogP contribution in [0, 0.1) is 5.82 Å². The van der Waals surface area contributed by atoms with Crippen LogP contribution < -0.4 is 14.2 Å². The highest BCUT2D eigenvalue weighted by Gasteiger charge is 2.18. The highest BCUT2D eigenvalue weighted by molar-refractivity contribution is 6.30. The summed E-state index contributed by atoms with van der Waals surface area (Å²) < 4.78 is 30.7. The second-order valence-electron chi connectivity index (χ2n) is 7.37. The Balaban J connectivity index is 1.43. The number of hydrogen-bond acceptors (Lipinski definition) is 5. The fourth-order valence-electron chi connectivity index (χ4n) is 3.42. The van der Waals surface area contributed by atoms with E-state index in [0.29, 0.717) is 47.5 Å². The predicted octanol–water partition coefficient (Wildman–Crippen LogP) is 4.65. The van der Waals surface area contributed by atoms with E-state index in [2.05, 4.69) is 0 Å². The summed E-state index contributed by atoms with van der Waals surface area (Å²) in [5.41, 5.74) is 1.54. The van der Waals surface area contributed by atoms with Gasteiger partial charge >= 0.3 is 0 Å². The van der Waals surface area contributed by atoms with Crippen molar-refractivity contribution in [1.82, 2.24) is 4.90 Å². The fraction of sp³-hybridized carbons (Fsp3) is 0.250. The standard InChI is InChI=1S/C24H23ClFNO4/c25-19-6-8-21(9-7-19)29-15-20(28)14-27(13-18-3-1-2-4-22(18)26)12-17-5-10-23-24(11-17)31-16-30-23/h1-11,20,28H,12-16H2/t20-/m1/s1. The van der Waals surface area contributed by atoms with Crippen molar-refractivity contribution in [2.45, 2.75) is 19.2 Å². The largest absolute Gasteiger partial charge is 0.491 e. The summed E-state index contributed by atoms with van der Waals surface area (Å²) in [6.07, 6.45) is -0.767. The zero-order valence-corrected chi connectivity index (χ0v) is 17.6. The summed E-state index contributed by atoms with van der Waals surface area (Å²) in [6.45, 7) is 1.47. The van der Waals surface area contributed by atoms with Gasteiger partial charge in [-0.1, -0.05) is 35.9 Å². The minimum atomic E-state index is -0.767. The van der Waals surface area contributed by atoms with Crippen molar-refractivity contribution in [2.24, 2.45) is 0 Å². The van der Waals surface area contributed by atoms with Crippen molar-refractivity contribution in [3.05, 3.63) is 88.7 Å². The maximum Gasteiger partial charge on any atom is 0.231 e. The van der Waals surface area contributed by atoms with Crippen LogP contribution in [0.3, 0.4) is 0 Å². The maximum absolute atomic E-state index is 14.2. The molecule has 0 fully saturated rings. The van der Waals surface area contributed by atoms with Gasteiger partial charge in [-0.3, -0.25) is 4.90 Å². The number of halogens is 2. The summed E-state index contributed by atoms with van der Waals surface area (Å²) >= 11 is 5.89. The lowest BCUT2D eigenvalue weighted by Gasteiger charge is -2.25. The number of nitrogens with zero attached hydrogens (tertiary/aromatic N) is 1. The molecule has 0 saturated heterocycles. The molecule has 0 aromatic heterocycles. The van der Waals surface area contributed by atoms with E-state index in [1.165, 1.54) is 6.07 Å². The molecule has 5 nitrogen and oxygen atoms in total. The molecule has 0 spiro atoms. The van der Waals surface area contributed by atoms with Crippen LogP contribution >= 0.6 is 11.6 Å². The van der Waals surface area contributed by atoms with Crippen molar-refractivity contribution in [3.63, 3.8) is 0 Å². The third-order valence-electron chi connectivity index (χ3n) is 4.92. The Morgan fingerprint density at radius 1 is 1.00 bits per heavy atom. The normalized spacial score (nSPS) is 13.4. The van der Waals surface area contributed by atoms with Crippen molar-refractivity contribution < 1.29 is 23.7 Å². The summed E-state index contributed by atoms with van der Waals surface area (Å²) in [4.78, 5) is 1.98. The van der Waals surface area contributed by atoms with E-state index in [4.69, 9.17) is 25.8 Å². The molecule has 0 aliphatic carbocycles. The molecule has 1 aliphatic rings. The van der Waals surface area contributed by atoms with Gasteiger partial charge in [-0.15, -0.1) is 0 Å². The Hall–Kier alpha value is -2.80. The Labute approximate surface area is 185 Å². The van der Waals surface area contributed by atoms with Gasteiger partial charge in [0.1, 0.15) is 24.3 Å². The Morgan fingerprint density at radius 3 is 2.58 bits per heavy atom. The summed E-state index contributed by atoms with van der Waals surface area (Å²) in [5, 5.41) is 11.2. The van der Waals surface area contributed by atoms with Gasteiger partial charge in [0.2, 0.25) is 6.79 Å². The molecular weight excluding hydrogens is 421 g/mol. The minimum Gasteiger partial charge on any atom is -0.491 e. The van der Waals surface area contributed by atoms with E-state index in [1.54, 1.807) is 42.5 Å². The molecular formula is C24H23ClFNO4. The predicted molar refractivity (Wildman–Crippen MR) is 116 cm³/mol. The molecule has 4 rings (SSSR count). The first-order chi connectivity index (χ1) is 15.1. The first kappa shape index (κ1) is 21.4. The van der Waals surface area contributed by atoms with Gasteiger partial charge in [-0.05, 0) is 48.0 Å². The molecule has 0 amide bonds. The summed E-state index contributed by atoms with van der Waals surface area (Å²) in [6, 6.07) is 19.3. The van der Waals surface area contributed by atoms with Gasteiger partial charge < -0.3 is 19.3 Å². The topological polar surface area (TPSA) is 51.2 Å². The van der Waals surface area contributed by atoms with Gasteiger partial charge in [0.05, 0.1) is 0 Å². The van der Waals surface area contributed by atoms with Crippen molar-refractivity contribution in [2.75, 3.05) is 19.9 Å². The number of fused-ring (bicyclic) bond motifs is 1. The average Bonchev–Trinajstić information content (AvgIpc) is 3.23. The molecule has 1 heterocycles. The summed E-state index contributed by atoms with van der Waals surface area (Å²) in [7, 11) is 0. The Morgan fingerprint density at radius 2 is 1.77 bits per heavy atom. The van der Waals surface area contributed by atoms with Gasteiger partial charge in [-0.25, -0.2) is 4.39 Å². The molecule has 0 saturated carbocycles. The van der Waals surface area contributed by atoms with E-state index >= 15 is 0 Å². The Kier molecular flexibility index (Phi) is 6.92. The highest BCUT2D eigenvalue weighted by Crippen LogP contribution is 2.33. The van der Waals surface area contributed by atoms with Crippen LogP contribution in [-0.4, -0.2) is 36.1 Å². The van der Waals surface area contributed by atoms with Crippen LogP contribution in [-0.2, 0) is 13.1 Å². The molecule has 1 aliphatic heterocycles. The monoisotopic (exact) mass is 443 g/mol. The number of aliphatic hydroxyl groups is 1. The number of benzene rings is 3. The molecule has 31 heavy (non-hydrogen) atoms. The van der Waals surface area contributed by atoms with E-state index in [-0.39, 0.29) is 19.2 Å². The lowest BCUT2D eigenvalue weighted by atomic mass is 10.1. The van der Waals surface area contributed by atoms with Crippen molar-refractivity contribution in [3.8, 4) is 17.2 Å². The third-order valence-corrected chi connectivity index (χ3v) is 5.17. The van der Waals surface area contributed by atoms with Crippen LogP contribution in [0.15, 0.2) is 66.7 Å². The van der Waals surface area contributed by atoms with Crippen molar-refractivity contribution >= 4 is 11.6 Å². The third kappa shape index (κ3) is 5.88. The molecule has 0 bridgehead atoms. The number of hydrogen-bond donors (Lipinski definition) is 1. The SMILES string of the molecule is O[C@@H](COc1ccc(Cl)cc1)CN(Cc1ccc2c(c1)OCO2)Cc1ccccc1F. The van der Waals surface area contributed by atoms with E-state index in [1.807, 2.05) is 23.1 Å². The minimum absolute atomic E-state index is 0.108. The maximum atomic E-state index is 14.2. The van der Waals surface area contributed by atoms with E-state index in [9.17, 15) is 9.50 Å². The average molecular weight is 444 g/mol. The molecule has 7 heteroatoms. The molecule has 162 valence electrons. The number of rotatable bonds is 9. The molecule has 1 N–H and O–H groups in total. The second-order valence-corrected chi connectivity index (χ2v) is 7.80. The van der Waals surface area contributed by atoms with Crippen molar-refractivity contribution in [1.29, 1.82) is 0 Å². The van der Waals surface area contributed by atoms with E-state index in [0.717, 1.165) is 5.56 Å². The molecule has 3 aromatic rings. The lowest BCUT2D eigenvalue weighted by Crippen LogP contribution is -2.35. The van der Waals surface area contributed by atoms with Crippen LogP contribution in [0.4, 0.5) is 4.39 Å². The first-order valence-corrected chi connectivity index (χ1v) is 10.4. The molecule has 3 aromatic carbocycles. The number of ether oxygens (including phenoxy) is 3. The van der Waals surface area contributed by atoms with Crippen LogP contribution in [0.25, 0.3) is 0 Å². The highest BCUT2D eigenvalue weighted by atomic mass is 35.5. The van der Waals surface area contributed by atoms with Crippen LogP contribution in [0.1, 0.15) is 11.1 Å². The number of aliphatic hydroxyl groups excluding tert-OH is 1. The zero-order chi connectivity index (χ0) is 21.6. The fourth-order valence-corrected chi connectivity index (χ4v) is 3.55. The zero-order valence-electron chi connectivity index (χ0n) is 16.8. The first-order valence-electron chi connectivity index (χ1n) is 9.97. The van der Waals surface area contributed by atoms with Crippen LogP contribution in [0.2, 0.25) is 5.02 Å². The Bertz CT molecular complexity index is 1010. The molecule has 0 radical (unpaired) electrons. The lowest BCUT2D eigenvalue weighted by molar-refractivity contribution is 0.0624. The second kappa shape index (κ2) is 10.0. The van der Waals surface area contributed by atoms with E-state index < -0.39 is 6.10 Å². The van der Waals surface area contributed by atoms with Gasteiger partial charge in [0.25, 0.3) is 0 Å². The van der Waals surface area contributed by atoms with Gasteiger partial charge in [0.15, 0.2) is 11.5 Å². The van der Waals surface area contributed by atoms with Gasteiger partial charge in [-0.2, -0.15) is 0 Å². The smallest absolute Gasteiger partial charge is 0.231 e. The molecule has 0 unspecified atom stereocenters. The quantitative estimate of drug-likeness (QED) is 0.521. The van der Waals surface area contributed by atoms with Gasteiger partial charge in [0, 0.05) is 30.2 Å². The van der Waals surface area contributed by atoms with Crippen LogP contribution in [0.5, 0.6) is 17.2 Å².